The molecule has 0 spiro atoms. The summed E-state index contributed by atoms with van der Waals surface area (Å²) in [5, 5.41) is 8.97. The molecule has 0 unspecified atom stereocenters. The highest BCUT2D eigenvalue weighted by Gasteiger charge is 1.94. The summed E-state index contributed by atoms with van der Waals surface area (Å²) < 4.78 is 0. The Hall–Kier alpha value is -0.0300. The fraction of sp³-hybridized carbons (Fsp3) is 0.222. The molecule has 0 amide bonds. The zero-order chi connectivity index (χ0) is 11.8. The van der Waals surface area contributed by atoms with E-state index in [0.717, 1.165) is 4.90 Å². The Bertz CT molecular complexity index is 332. The van der Waals surface area contributed by atoms with Crippen LogP contribution in [0.3, 0.4) is 0 Å². The molecule has 0 aliphatic rings. The minimum atomic E-state index is -0.787. The molecule has 0 saturated heterocycles. The van der Waals surface area contributed by atoms with Gasteiger partial charge < -0.3 is 5.11 Å². The van der Waals surface area contributed by atoms with Gasteiger partial charge in [0.05, 0.1) is 16.5 Å². The molecular formula is C9H10Cl2O2S2. The van der Waals surface area contributed by atoms with Gasteiger partial charge in [-0.1, -0.05) is 23.2 Å². The molecule has 84 valence electrons. The van der Waals surface area contributed by atoms with Gasteiger partial charge in [0.1, 0.15) is 0 Å². The van der Waals surface area contributed by atoms with Crippen molar-refractivity contribution in [2.75, 3.05) is 5.75 Å². The van der Waals surface area contributed by atoms with E-state index in [1.54, 1.807) is 18.2 Å². The van der Waals surface area contributed by atoms with Crippen molar-refractivity contribution in [2.45, 2.75) is 11.3 Å². The van der Waals surface area contributed by atoms with E-state index in [9.17, 15) is 4.79 Å². The van der Waals surface area contributed by atoms with Gasteiger partial charge in [0.2, 0.25) is 0 Å². The molecule has 1 rings (SSSR count). The molecule has 1 N–H and O–H groups in total. The van der Waals surface area contributed by atoms with Crippen LogP contribution in [0.2, 0.25) is 10.0 Å². The number of aliphatic carboxylic acids is 1. The molecule has 15 heavy (non-hydrogen) atoms. The standard InChI is InChI=1S/C6H4Cl2S.C3H6O2S/c7-5-2-1-4(9)3-6(5)8;4-3(5)1-2-6/h1-3,9H;6H,1-2H2,(H,4,5). The molecule has 0 aromatic heterocycles. The van der Waals surface area contributed by atoms with E-state index in [-0.39, 0.29) is 6.42 Å². The minimum absolute atomic E-state index is 0.156. The lowest BCUT2D eigenvalue weighted by Crippen LogP contribution is -1.93. The van der Waals surface area contributed by atoms with Crippen LogP contribution in [0.25, 0.3) is 0 Å². The number of rotatable bonds is 2. The van der Waals surface area contributed by atoms with Crippen molar-refractivity contribution >= 4 is 54.4 Å². The second-order valence-electron chi connectivity index (χ2n) is 2.47. The second kappa shape index (κ2) is 8.16. The summed E-state index contributed by atoms with van der Waals surface area (Å²) in [6.07, 6.45) is 0.156. The third-order valence-electron chi connectivity index (χ3n) is 1.23. The molecule has 0 radical (unpaired) electrons. The van der Waals surface area contributed by atoms with Crippen LogP contribution in [0.5, 0.6) is 0 Å². The third-order valence-corrected chi connectivity index (χ3v) is 2.47. The molecule has 0 fully saturated rings. The smallest absolute Gasteiger partial charge is 0.304 e. The number of hydrogen-bond donors (Lipinski definition) is 3. The fourth-order valence-electron chi connectivity index (χ4n) is 0.581. The van der Waals surface area contributed by atoms with E-state index in [2.05, 4.69) is 25.3 Å². The maximum absolute atomic E-state index is 9.55. The van der Waals surface area contributed by atoms with Gasteiger partial charge in [-0.2, -0.15) is 12.6 Å². The Morgan fingerprint density at radius 1 is 1.33 bits per heavy atom. The van der Waals surface area contributed by atoms with Gasteiger partial charge in [-0.15, -0.1) is 12.6 Å². The average molecular weight is 285 g/mol. The molecule has 2 nitrogen and oxygen atoms in total. The molecule has 0 atom stereocenters. The highest BCUT2D eigenvalue weighted by atomic mass is 35.5. The molecule has 1 aromatic rings. The first-order chi connectivity index (χ1) is 6.97. The Labute approximate surface area is 109 Å². The molecule has 0 saturated carbocycles. The number of thiol groups is 2. The number of halogens is 2. The van der Waals surface area contributed by atoms with Crippen molar-refractivity contribution < 1.29 is 9.90 Å². The van der Waals surface area contributed by atoms with Crippen LogP contribution in [0.4, 0.5) is 0 Å². The Balaban J connectivity index is 0.000000288. The van der Waals surface area contributed by atoms with Crippen LogP contribution < -0.4 is 0 Å². The third kappa shape index (κ3) is 7.85. The summed E-state index contributed by atoms with van der Waals surface area (Å²) in [6.45, 7) is 0. The van der Waals surface area contributed by atoms with Crippen LogP contribution in [0.15, 0.2) is 23.1 Å². The van der Waals surface area contributed by atoms with Gasteiger partial charge in [0, 0.05) is 10.6 Å². The second-order valence-corrected chi connectivity index (χ2v) is 4.24. The largest absolute Gasteiger partial charge is 0.481 e. The SMILES string of the molecule is O=C(O)CCS.Sc1ccc(Cl)c(Cl)c1. The Morgan fingerprint density at radius 3 is 2.20 bits per heavy atom. The summed E-state index contributed by atoms with van der Waals surface area (Å²) in [6, 6.07) is 5.20. The lowest BCUT2D eigenvalue weighted by molar-refractivity contribution is -0.136. The maximum Gasteiger partial charge on any atom is 0.304 e. The molecule has 0 aliphatic heterocycles. The van der Waals surface area contributed by atoms with Gasteiger partial charge in [0.15, 0.2) is 0 Å². The molecule has 1 aromatic carbocycles. The highest BCUT2D eigenvalue weighted by Crippen LogP contribution is 2.23. The minimum Gasteiger partial charge on any atom is -0.481 e. The van der Waals surface area contributed by atoms with E-state index in [0.29, 0.717) is 15.8 Å². The van der Waals surface area contributed by atoms with Gasteiger partial charge >= 0.3 is 5.97 Å². The molecular weight excluding hydrogens is 275 g/mol. The topological polar surface area (TPSA) is 37.3 Å². The van der Waals surface area contributed by atoms with Crippen molar-refractivity contribution in [1.82, 2.24) is 0 Å². The van der Waals surface area contributed by atoms with Crippen molar-refractivity contribution in [3.05, 3.63) is 28.2 Å². The molecule has 0 heterocycles. The molecule has 0 bridgehead atoms. The predicted molar refractivity (Wildman–Crippen MR) is 69.8 cm³/mol. The number of carboxylic acid groups (broad SMARTS) is 1. The number of carboxylic acids is 1. The lowest BCUT2D eigenvalue weighted by atomic mass is 10.4. The van der Waals surface area contributed by atoms with Gasteiger partial charge in [-0.3, -0.25) is 4.79 Å². The normalized spacial score (nSPS) is 9.07. The lowest BCUT2D eigenvalue weighted by Gasteiger charge is -1.93. The van der Waals surface area contributed by atoms with Crippen molar-refractivity contribution in [3.63, 3.8) is 0 Å². The quantitative estimate of drug-likeness (QED) is 0.725. The van der Waals surface area contributed by atoms with Crippen molar-refractivity contribution in [2.24, 2.45) is 0 Å². The van der Waals surface area contributed by atoms with Gasteiger partial charge in [-0.25, -0.2) is 0 Å². The Morgan fingerprint density at radius 2 is 1.93 bits per heavy atom. The first kappa shape index (κ1) is 15.0. The zero-order valence-electron chi connectivity index (χ0n) is 7.65. The number of benzene rings is 1. The van der Waals surface area contributed by atoms with E-state index in [1.165, 1.54) is 0 Å². The summed E-state index contributed by atoms with van der Waals surface area (Å²) in [5.41, 5.74) is 0. The monoisotopic (exact) mass is 284 g/mol. The van der Waals surface area contributed by atoms with Crippen LogP contribution in [-0.4, -0.2) is 16.8 Å². The Kier molecular flexibility index (Phi) is 8.14. The van der Waals surface area contributed by atoms with E-state index < -0.39 is 5.97 Å². The fourth-order valence-corrected chi connectivity index (χ4v) is 1.35. The number of carbonyl (C=O) groups is 1. The maximum atomic E-state index is 9.55. The predicted octanol–water partition coefficient (Wildman–Crippen LogP) is 3.67. The van der Waals surface area contributed by atoms with Gasteiger partial charge in [0.25, 0.3) is 0 Å². The van der Waals surface area contributed by atoms with E-state index in [1.807, 2.05) is 0 Å². The molecule has 0 aliphatic carbocycles. The van der Waals surface area contributed by atoms with E-state index >= 15 is 0 Å². The van der Waals surface area contributed by atoms with Crippen LogP contribution >= 0.6 is 48.5 Å². The first-order valence-electron chi connectivity index (χ1n) is 3.94. The van der Waals surface area contributed by atoms with Crippen LogP contribution in [0, 0.1) is 0 Å². The first-order valence-corrected chi connectivity index (χ1v) is 5.77. The van der Waals surface area contributed by atoms with Crippen molar-refractivity contribution in [3.8, 4) is 0 Å². The van der Waals surface area contributed by atoms with Crippen molar-refractivity contribution in [1.29, 1.82) is 0 Å². The van der Waals surface area contributed by atoms with Crippen LogP contribution in [-0.2, 0) is 4.79 Å². The summed E-state index contributed by atoms with van der Waals surface area (Å²) in [4.78, 5) is 10.4. The van der Waals surface area contributed by atoms with E-state index in [4.69, 9.17) is 28.3 Å². The summed E-state index contributed by atoms with van der Waals surface area (Å²) in [7, 11) is 0. The van der Waals surface area contributed by atoms with Crippen LogP contribution in [0.1, 0.15) is 6.42 Å². The number of hydrogen-bond acceptors (Lipinski definition) is 3. The summed E-state index contributed by atoms with van der Waals surface area (Å²) >= 11 is 19.0. The highest BCUT2D eigenvalue weighted by molar-refractivity contribution is 7.80. The summed E-state index contributed by atoms with van der Waals surface area (Å²) in [5.74, 6) is -0.361. The van der Waals surface area contributed by atoms with Gasteiger partial charge in [-0.05, 0) is 18.2 Å². The average Bonchev–Trinajstić information content (AvgIpc) is 2.13. The zero-order valence-corrected chi connectivity index (χ0v) is 11.0. The molecule has 6 heteroatoms.